The lowest BCUT2D eigenvalue weighted by atomic mass is 10.1. The van der Waals surface area contributed by atoms with E-state index in [1.54, 1.807) is 18.2 Å². The molecule has 2 rings (SSSR count). The number of nitrogens with one attached hydrogen (secondary N) is 2. The molecule has 2 aromatic carbocycles. The Morgan fingerprint density at radius 2 is 2.00 bits per heavy atom. The fourth-order valence-corrected chi connectivity index (χ4v) is 2.80. The summed E-state index contributed by atoms with van der Waals surface area (Å²) < 4.78 is 1.17. The Morgan fingerprint density at radius 3 is 2.68 bits per heavy atom. The number of hydrogen-bond acceptors (Lipinski definition) is 2. The molecule has 0 heterocycles. The minimum Gasteiger partial charge on any atom is -0.355 e. The molecule has 0 aliphatic heterocycles. The van der Waals surface area contributed by atoms with Crippen molar-refractivity contribution in [3.8, 4) is 0 Å². The van der Waals surface area contributed by atoms with Gasteiger partial charge in [0.1, 0.15) is 0 Å². The maximum Gasteiger partial charge on any atom is 0.253 e. The van der Waals surface area contributed by atoms with E-state index in [0.717, 1.165) is 16.9 Å². The fourth-order valence-electron chi connectivity index (χ4n) is 1.99. The van der Waals surface area contributed by atoms with E-state index in [4.69, 9.17) is 11.6 Å². The third-order valence-corrected chi connectivity index (χ3v) is 4.00. The van der Waals surface area contributed by atoms with Crippen molar-refractivity contribution in [3.63, 3.8) is 0 Å². The first kappa shape index (κ1) is 16.8. The molecule has 0 aromatic heterocycles. The van der Waals surface area contributed by atoms with Gasteiger partial charge in [-0.15, -0.1) is 6.58 Å². The molecule has 2 aromatic rings. The van der Waals surface area contributed by atoms with Crippen LogP contribution in [0.3, 0.4) is 0 Å². The van der Waals surface area contributed by atoms with Gasteiger partial charge in [-0.05, 0) is 71.5 Å². The average molecular weight is 427 g/mol. The lowest BCUT2D eigenvalue weighted by Gasteiger charge is -2.14. The van der Waals surface area contributed by atoms with E-state index in [0.29, 0.717) is 17.1 Å². The molecular weight excluding hydrogens is 411 g/mol. The van der Waals surface area contributed by atoms with E-state index < -0.39 is 0 Å². The molecule has 3 nitrogen and oxygen atoms in total. The molecule has 5 heteroatoms. The summed E-state index contributed by atoms with van der Waals surface area (Å²) in [7, 11) is 0. The Hall–Kier alpha value is -1.53. The minimum atomic E-state index is -0.187. The molecule has 0 bridgehead atoms. The summed E-state index contributed by atoms with van der Waals surface area (Å²) in [5, 5.41) is 6.59. The number of halogens is 2. The average Bonchev–Trinajstić information content (AvgIpc) is 2.49. The van der Waals surface area contributed by atoms with Gasteiger partial charge in [-0.3, -0.25) is 4.79 Å². The van der Waals surface area contributed by atoms with Gasteiger partial charge >= 0.3 is 0 Å². The molecule has 0 atom stereocenters. The number of carbonyl (C=O) groups excluding carboxylic acids is 1. The Labute approximate surface area is 148 Å². The van der Waals surface area contributed by atoms with Crippen molar-refractivity contribution in [1.82, 2.24) is 5.32 Å². The van der Waals surface area contributed by atoms with Gasteiger partial charge in [-0.2, -0.15) is 0 Å². The molecular formula is C17H16ClIN2O. The Kier molecular flexibility index (Phi) is 5.85. The maximum absolute atomic E-state index is 12.2. The van der Waals surface area contributed by atoms with Crippen molar-refractivity contribution >= 4 is 51.5 Å². The van der Waals surface area contributed by atoms with Crippen molar-refractivity contribution < 1.29 is 4.79 Å². The van der Waals surface area contributed by atoms with E-state index in [9.17, 15) is 4.79 Å². The number of benzene rings is 2. The van der Waals surface area contributed by atoms with Gasteiger partial charge < -0.3 is 10.6 Å². The van der Waals surface area contributed by atoms with Crippen molar-refractivity contribution in [2.45, 2.75) is 6.92 Å². The molecule has 0 saturated carbocycles. The zero-order valence-electron chi connectivity index (χ0n) is 12.1. The van der Waals surface area contributed by atoms with Crippen LogP contribution in [-0.4, -0.2) is 12.5 Å². The van der Waals surface area contributed by atoms with Gasteiger partial charge in [0.2, 0.25) is 0 Å². The largest absolute Gasteiger partial charge is 0.355 e. The van der Waals surface area contributed by atoms with Crippen LogP contribution >= 0.6 is 34.2 Å². The lowest BCUT2D eigenvalue weighted by molar-refractivity contribution is 0.0959. The number of rotatable bonds is 5. The van der Waals surface area contributed by atoms with Gasteiger partial charge in [0.05, 0.1) is 11.3 Å². The highest BCUT2D eigenvalue weighted by atomic mass is 127. The van der Waals surface area contributed by atoms with Crippen LogP contribution < -0.4 is 10.6 Å². The third-order valence-electron chi connectivity index (χ3n) is 3.09. The number of amides is 1. The van der Waals surface area contributed by atoms with Crippen LogP contribution in [0.1, 0.15) is 15.9 Å². The lowest BCUT2D eigenvalue weighted by Crippen LogP contribution is -2.24. The smallest absolute Gasteiger partial charge is 0.253 e. The predicted octanol–water partition coefficient (Wildman–Crippen LogP) is 4.91. The summed E-state index contributed by atoms with van der Waals surface area (Å²) in [6, 6.07) is 11.3. The standard InChI is InChI=1S/C17H16ClIN2O/c1-3-8-20-17(22)14-10-12(18)4-6-16(14)21-15-7-5-13(19)9-11(15)2/h3-7,9-10,21H,1,8H2,2H3,(H,20,22). The van der Waals surface area contributed by atoms with Crippen molar-refractivity contribution in [1.29, 1.82) is 0 Å². The first-order valence-electron chi connectivity index (χ1n) is 6.73. The first-order valence-corrected chi connectivity index (χ1v) is 8.18. The van der Waals surface area contributed by atoms with Gasteiger partial charge in [0.15, 0.2) is 0 Å². The molecule has 0 aliphatic carbocycles. The highest BCUT2D eigenvalue weighted by Crippen LogP contribution is 2.27. The third kappa shape index (κ3) is 4.24. The Morgan fingerprint density at radius 1 is 1.27 bits per heavy atom. The predicted molar refractivity (Wildman–Crippen MR) is 101 cm³/mol. The molecule has 0 aliphatic rings. The molecule has 22 heavy (non-hydrogen) atoms. The summed E-state index contributed by atoms with van der Waals surface area (Å²) in [4.78, 5) is 12.2. The minimum absolute atomic E-state index is 0.187. The van der Waals surface area contributed by atoms with E-state index >= 15 is 0 Å². The second-order valence-electron chi connectivity index (χ2n) is 4.77. The number of anilines is 2. The van der Waals surface area contributed by atoms with Crippen molar-refractivity contribution in [3.05, 3.63) is 68.8 Å². The van der Waals surface area contributed by atoms with Gasteiger partial charge in [0.25, 0.3) is 5.91 Å². The highest BCUT2D eigenvalue weighted by molar-refractivity contribution is 14.1. The second kappa shape index (κ2) is 7.65. The van der Waals surface area contributed by atoms with Gasteiger partial charge in [-0.1, -0.05) is 17.7 Å². The summed E-state index contributed by atoms with van der Waals surface area (Å²) in [5.41, 5.74) is 3.29. The van der Waals surface area contributed by atoms with Crippen molar-refractivity contribution in [2.75, 3.05) is 11.9 Å². The van der Waals surface area contributed by atoms with E-state index in [2.05, 4.69) is 45.9 Å². The topological polar surface area (TPSA) is 41.1 Å². The Balaban J connectivity index is 2.34. The molecule has 0 unspecified atom stereocenters. The monoisotopic (exact) mass is 426 g/mol. The SMILES string of the molecule is C=CCNC(=O)c1cc(Cl)ccc1Nc1ccc(I)cc1C. The Bertz CT molecular complexity index is 716. The van der Waals surface area contributed by atoms with Gasteiger partial charge in [0, 0.05) is 20.8 Å². The van der Waals surface area contributed by atoms with Crippen LogP contribution in [-0.2, 0) is 0 Å². The number of aryl methyl sites for hydroxylation is 1. The quantitative estimate of drug-likeness (QED) is 0.527. The normalized spacial score (nSPS) is 10.1. The zero-order chi connectivity index (χ0) is 16.1. The van der Waals surface area contributed by atoms with Crippen molar-refractivity contribution in [2.24, 2.45) is 0 Å². The van der Waals surface area contributed by atoms with Crippen LogP contribution in [0, 0.1) is 10.5 Å². The number of hydrogen-bond donors (Lipinski definition) is 2. The fraction of sp³-hybridized carbons (Fsp3) is 0.118. The van der Waals surface area contributed by atoms with Crippen LogP contribution in [0.2, 0.25) is 5.02 Å². The molecule has 114 valence electrons. The summed E-state index contributed by atoms with van der Waals surface area (Å²) in [5.74, 6) is -0.187. The molecule has 0 spiro atoms. The maximum atomic E-state index is 12.2. The summed E-state index contributed by atoms with van der Waals surface area (Å²) in [6.07, 6.45) is 1.64. The van der Waals surface area contributed by atoms with E-state index in [1.807, 2.05) is 25.1 Å². The number of carbonyl (C=O) groups is 1. The molecule has 0 saturated heterocycles. The highest BCUT2D eigenvalue weighted by Gasteiger charge is 2.12. The van der Waals surface area contributed by atoms with Crippen LogP contribution in [0.15, 0.2) is 49.1 Å². The summed E-state index contributed by atoms with van der Waals surface area (Å²) >= 11 is 8.29. The molecule has 0 fully saturated rings. The second-order valence-corrected chi connectivity index (χ2v) is 6.45. The van der Waals surface area contributed by atoms with Crippen LogP contribution in [0.5, 0.6) is 0 Å². The first-order chi connectivity index (χ1) is 10.5. The summed E-state index contributed by atoms with van der Waals surface area (Å²) in [6.45, 7) is 6.03. The van der Waals surface area contributed by atoms with Gasteiger partial charge in [-0.25, -0.2) is 0 Å². The zero-order valence-corrected chi connectivity index (χ0v) is 15.0. The van der Waals surface area contributed by atoms with Crippen LogP contribution in [0.25, 0.3) is 0 Å². The van der Waals surface area contributed by atoms with E-state index in [-0.39, 0.29) is 5.91 Å². The molecule has 0 radical (unpaired) electrons. The molecule has 1 amide bonds. The van der Waals surface area contributed by atoms with Crippen LogP contribution in [0.4, 0.5) is 11.4 Å². The van der Waals surface area contributed by atoms with E-state index in [1.165, 1.54) is 3.57 Å². The molecule has 2 N–H and O–H groups in total.